The molecule has 4 heteroatoms. The largest absolute Gasteiger partial charge is 0.464 e. The Hall–Kier alpha value is -1.55. The van der Waals surface area contributed by atoms with E-state index in [1.54, 1.807) is 12.1 Å². The summed E-state index contributed by atoms with van der Waals surface area (Å²) in [6, 6.07) is 10.9. The van der Waals surface area contributed by atoms with Crippen LogP contribution in [0, 0.1) is 6.92 Å². The number of nitrogens with one attached hydrogen (secondary N) is 1. The first kappa shape index (κ1) is 12.9. The lowest BCUT2D eigenvalue weighted by atomic mass is 10.2. The Kier molecular flexibility index (Phi) is 3.87. The Bertz CT molecular complexity index is 562. The topological polar surface area (TPSA) is 42.2 Å². The van der Waals surface area contributed by atoms with Crippen molar-refractivity contribution >= 4 is 21.8 Å². The molecule has 0 spiro atoms. The van der Waals surface area contributed by atoms with Crippen LogP contribution in [-0.4, -0.2) is 5.91 Å². The van der Waals surface area contributed by atoms with Crippen LogP contribution in [0.3, 0.4) is 0 Å². The highest BCUT2D eigenvalue weighted by Crippen LogP contribution is 2.17. The van der Waals surface area contributed by atoms with Crippen LogP contribution in [0.5, 0.6) is 0 Å². The second-order valence-corrected chi connectivity index (χ2v) is 5.07. The van der Waals surface area contributed by atoms with Gasteiger partial charge in [-0.15, -0.1) is 0 Å². The first-order valence-electron chi connectivity index (χ1n) is 5.69. The van der Waals surface area contributed by atoms with E-state index in [1.165, 1.54) is 0 Å². The molecule has 18 heavy (non-hydrogen) atoms. The molecule has 0 radical (unpaired) electrons. The standard InChI is InChI=1S/C14H14BrNO2/c1-9-6-7-13(18-9)10(2)16-14(17)11-4-3-5-12(15)8-11/h3-8,10H,1-2H3,(H,16,17). The molecule has 1 aromatic carbocycles. The van der Waals surface area contributed by atoms with Gasteiger partial charge in [-0.05, 0) is 44.2 Å². The van der Waals surface area contributed by atoms with Crippen molar-refractivity contribution < 1.29 is 9.21 Å². The lowest BCUT2D eigenvalue weighted by Gasteiger charge is -2.11. The predicted molar refractivity (Wildman–Crippen MR) is 73.5 cm³/mol. The number of hydrogen-bond acceptors (Lipinski definition) is 2. The fourth-order valence-corrected chi connectivity index (χ4v) is 2.07. The molecule has 94 valence electrons. The number of amides is 1. The van der Waals surface area contributed by atoms with E-state index in [4.69, 9.17) is 4.42 Å². The van der Waals surface area contributed by atoms with E-state index in [2.05, 4.69) is 21.2 Å². The van der Waals surface area contributed by atoms with Crippen LogP contribution in [-0.2, 0) is 0 Å². The molecule has 0 aliphatic carbocycles. The molecule has 2 rings (SSSR count). The number of carbonyl (C=O) groups excluding carboxylic acids is 1. The second-order valence-electron chi connectivity index (χ2n) is 4.15. The number of halogens is 1. The zero-order valence-electron chi connectivity index (χ0n) is 10.2. The molecule has 1 amide bonds. The molecule has 1 heterocycles. The van der Waals surface area contributed by atoms with Gasteiger partial charge in [0.1, 0.15) is 11.5 Å². The van der Waals surface area contributed by atoms with Gasteiger partial charge in [0.05, 0.1) is 6.04 Å². The Morgan fingerprint density at radius 1 is 1.33 bits per heavy atom. The molecule has 2 aromatic rings. The van der Waals surface area contributed by atoms with Crippen molar-refractivity contribution in [3.63, 3.8) is 0 Å². The molecule has 0 bridgehead atoms. The second kappa shape index (κ2) is 5.40. The molecule has 1 atom stereocenters. The number of aryl methyl sites for hydroxylation is 1. The lowest BCUT2D eigenvalue weighted by Crippen LogP contribution is -2.26. The minimum atomic E-state index is -0.148. The van der Waals surface area contributed by atoms with Crippen molar-refractivity contribution in [2.45, 2.75) is 19.9 Å². The van der Waals surface area contributed by atoms with Crippen molar-refractivity contribution in [1.82, 2.24) is 5.32 Å². The summed E-state index contributed by atoms with van der Waals surface area (Å²) in [5.74, 6) is 1.49. The summed E-state index contributed by atoms with van der Waals surface area (Å²) in [7, 11) is 0. The van der Waals surface area contributed by atoms with E-state index >= 15 is 0 Å². The van der Waals surface area contributed by atoms with Crippen LogP contribution in [0.1, 0.15) is 34.8 Å². The molecule has 0 aliphatic rings. The quantitative estimate of drug-likeness (QED) is 0.936. The van der Waals surface area contributed by atoms with E-state index in [0.717, 1.165) is 16.0 Å². The van der Waals surface area contributed by atoms with Gasteiger partial charge in [0.15, 0.2) is 0 Å². The zero-order chi connectivity index (χ0) is 13.1. The number of carbonyl (C=O) groups is 1. The maximum atomic E-state index is 12.0. The van der Waals surface area contributed by atoms with E-state index in [1.807, 2.05) is 38.1 Å². The minimum Gasteiger partial charge on any atom is -0.464 e. The summed E-state index contributed by atoms with van der Waals surface area (Å²) in [6.45, 7) is 3.78. The molecule has 0 saturated heterocycles. The summed E-state index contributed by atoms with van der Waals surface area (Å²) in [4.78, 5) is 12.0. The number of benzene rings is 1. The first-order chi connectivity index (χ1) is 8.56. The minimum absolute atomic E-state index is 0.113. The average Bonchev–Trinajstić information content (AvgIpc) is 2.76. The number of hydrogen-bond donors (Lipinski definition) is 1. The Labute approximate surface area is 114 Å². The van der Waals surface area contributed by atoms with Crippen LogP contribution in [0.2, 0.25) is 0 Å². The van der Waals surface area contributed by atoms with Gasteiger partial charge in [-0.25, -0.2) is 0 Å². The lowest BCUT2D eigenvalue weighted by molar-refractivity contribution is 0.0935. The van der Waals surface area contributed by atoms with Gasteiger partial charge in [-0.2, -0.15) is 0 Å². The van der Waals surface area contributed by atoms with Gasteiger partial charge in [-0.3, -0.25) is 4.79 Å². The fraction of sp³-hybridized carbons (Fsp3) is 0.214. The van der Waals surface area contributed by atoms with E-state index in [-0.39, 0.29) is 11.9 Å². The van der Waals surface area contributed by atoms with E-state index in [9.17, 15) is 4.79 Å². The SMILES string of the molecule is Cc1ccc(C(C)NC(=O)c2cccc(Br)c2)o1. The molecule has 0 fully saturated rings. The third-order valence-corrected chi connectivity index (χ3v) is 3.12. The molecule has 1 N–H and O–H groups in total. The first-order valence-corrected chi connectivity index (χ1v) is 6.48. The van der Waals surface area contributed by atoms with Crippen molar-refractivity contribution in [1.29, 1.82) is 0 Å². The summed E-state index contributed by atoms with van der Waals surface area (Å²) in [5, 5.41) is 2.90. The van der Waals surface area contributed by atoms with Gasteiger partial charge < -0.3 is 9.73 Å². The van der Waals surface area contributed by atoms with Crippen molar-refractivity contribution in [3.05, 3.63) is 58.0 Å². The van der Waals surface area contributed by atoms with Crippen molar-refractivity contribution in [3.8, 4) is 0 Å². The molecule has 1 aromatic heterocycles. The fourth-order valence-electron chi connectivity index (χ4n) is 1.67. The summed E-state index contributed by atoms with van der Waals surface area (Å²) in [6.07, 6.45) is 0. The van der Waals surface area contributed by atoms with Crippen molar-refractivity contribution in [2.24, 2.45) is 0 Å². The Morgan fingerprint density at radius 3 is 2.72 bits per heavy atom. The summed E-state index contributed by atoms with van der Waals surface area (Å²) < 4.78 is 6.37. The van der Waals surface area contributed by atoms with Crippen LogP contribution >= 0.6 is 15.9 Å². The van der Waals surface area contributed by atoms with Crippen LogP contribution < -0.4 is 5.32 Å². The molecular weight excluding hydrogens is 294 g/mol. The van der Waals surface area contributed by atoms with Gasteiger partial charge >= 0.3 is 0 Å². The number of rotatable bonds is 3. The van der Waals surface area contributed by atoms with Gasteiger partial charge in [0.25, 0.3) is 5.91 Å². The number of furan rings is 1. The predicted octanol–water partition coefficient (Wildman–Crippen LogP) is 3.84. The normalized spacial score (nSPS) is 12.2. The van der Waals surface area contributed by atoms with Crippen LogP contribution in [0.4, 0.5) is 0 Å². The highest BCUT2D eigenvalue weighted by atomic mass is 79.9. The highest BCUT2D eigenvalue weighted by molar-refractivity contribution is 9.10. The van der Waals surface area contributed by atoms with Gasteiger partial charge in [-0.1, -0.05) is 22.0 Å². The van der Waals surface area contributed by atoms with Gasteiger partial charge in [0.2, 0.25) is 0 Å². The summed E-state index contributed by atoms with van der Waals surface area (Å²) >= 11 is 3.35. The molecular formula is C14H14BrNO2. The molecule has 1 unspecified atom stereocenters. The van der Waals surface area contributed by atoms with E-state index in [0.29, 0.717) is 5.56 Å². The third-order valence-electron chi connectivity index (χ3n) is 2.62. The maximum Gasteiger partial charge on any atom is 0.251 e. The maximum absolute atomic E-state index is 12.0. The smallest absolute Gasteiger partial charge is 0.251 e. The Balaban J connectivity index is 2.08. The average molecular weight is 308 g/mol. The molecule has 3 nitrogen and oxygen atoms in total. The van der Waals surface area contributed by atoms with E-state index < -0.39 is 0 Å². The monoisotopic (exact) mass is 307 g/mol. The van der Waals surface area contributed by atoms with Crippen LogP contribution in [0.15, 0.2) is 45.3 Å². The molecule has 0 saturated carbocycles. The van der Waals surface area contributed by atoms with Crippen LogP contribution in [0.25, 0.3) is 0 Å². The highest BCUT2D eigenvalue weighted by Gasteiger charge is 2.14. The van der Waals surface area contributed by atoms with Crippen molar-refractivity contribution in [2.75, 3.05) is 0 Å². The summed E-state index contributed by atoms with van der Waals surface area (Å²) in [5.41, 5.74) is 0.625. The van der Waals surface area contributed by atoms with Gasteiger partial charge in [0, 0.05) is 10.0 Å². The molecule has 0 aliphatic heterocycles. The zero-order valence-corrected chi connectivity index (χ0v) is 11.8. The third kappa shape index (κ3) is 3.01. The Morgan fingerprint density at radius 2 is 2.11 bits per heavy atom.